The summed E-state index contributed by atoms with van der Waals surface area (Å²) in [4.78, 5) is 0. The van der Waals surface area contributed by atoms with Crippen LogP contribution in [-0.2, 0) is 6.54 Å². The van der Waals surface area contributed by atoms with Gasteiger partial charge in [0.25, 0.3) is 0 Å². The average molecular weight is 177 g/mol. The largest absolute Gasteiger partial charge is 0.503 e. The first-order chi connectivity index (χ1) is 6.33. The van der Waals surface area contributed by atoms with Crippen LogP contribution in [0, 0.1) is 11.3 Å². The number of nitrogens with zero attached hydrogens (tertiary/aromatic N) is 2. The predicted octanol–water partition coefficient (Wildman–Crippen LogP) is 1.37. The fourth-order valence-corrected chi connectivity index (χ4v) is 1.15. The molecule has 0 saturated carbocycles. The molecular formula is C10H13N2O+. The van der Waals surface area contributed by atoms with Crippen molar-refractivity contribution in [3.8, 4) is 11.8 Å². The molecule has 0 aliphatic carbocycles. The summed E-state index contributed by atoms with van der Waals surface area (Å²) in [5.41, 5.74) is 0. The third kappa shape index (κ3) is 3.57. The number of hydrogen-bond acceptors (Lipinski definition) is 2. The monoisotopic (exact) mass is 177 g/mol. The summed E-state index contributed by atoms with van der Waals surface area (Å²) in [7, 11) is 0. The van der Waals surface area contributed by atoms with Crippen molar-refractivity contribution in [1.29, 1.82) is 5.26 Å². The van der Waals surface area contributed by atoms with Gasteiger partial charge in [0.05, 0.1) is 6.07 Å². The lowest BCUT2D eigenvalue weighted by molar-refractivity contribution is -0.697. The van der Waals surface area contributed by atoms with Crippen molar-refractivity contribution in [2.45, 2.75) is 25.8 Å². The van der Waals surface area contributed by atoms with E-state index in [0.717, 1.165) is 19.4 Å². The number of aryl methyl sites for hydroxylation is 1. The molecule has 0 saturated heterocycles. The van der Waals surface area contributed by atoms with E-state index >= 15 is 0 Å². The van der Waals surface area contributed by atoms with E-state index in [4.69, 9.17) is 10.4 Å². The molecule has 0 unspecified atom stereocenters. The lowest BCUT2D eigenvalue weighted by Crippen LogP contribution is -2.32. The molecule has 1 heterocycles. The van der Waals surface area contributed by atoms with Crippen molar-refractivity contribution in [3.63, 3.8) is 0 Å². The Morgan fingerprint density at radius 1 is 1.46 bits per heavy atom. The summed E-state index contributed by atoms with van der Waals surface area (Å²) in [6, 6.07) is 5.56. The lowest BCUT2D eigenvalue weighted by Gasteiger charge is -1.95. The summed E-state index contributed by atoms with van der Waals surface area (Å²) in [5, 5.41) is 17.5. The number of unbranched alkanes of at least 4 members (excludes halogenated alkanes) is 2. The standard InChI is InChI=1S/C10H12N2O/c11-6-2-1-3-7-12-8-4-5-10(13)9-12/h4-5,8-9H,1-3,7H2/p+1. The van der Waals surface area contributed by atoms with Crippen molar-refractivity contribution in [3.05, 3.63) is 24.5 Å². The number of rotatable bonds is 4. The fourth-order valence-electron chi connectivity index (χ4n) is 1.15. The van der Waals surface area contributed by atoms with E-state index < -0.39 is 0 Å². The zero-order valence-corrected chi connectivity index (χ0v) is 7.48. The van der Waals surface area contributed by atoms with Gasteiger partial charge in [-0.05, 0) is 12.5 Å². The first kappa shape index (κ1) is 9.53. The quantitative estimate of drug-likeness (QED) is 0.557. The predicted molar refractivity (Wildman–Crippen MR) is 47.8 cm³/mol. The van der Waals surface area contributed by atoms with Gasteiger partial charge in [0.1, 0.15) is 6.54 Å². The molecule has 0 aromatic carbocycles. The Hall–Kier alpha value is -1.56. The van der Waals surface area contributed by atoms with Crippen LogP contribution in [0.5, 0.6) is 5.75 Å². The molecule has 3 nitrogen and oxygen atoms in total. The maximum atomic E-state index is 9.14. The highest BCUT2D eigenvalue weighted by molar-refractivity contribution is 5.09. The number of pyridine rings is 1. The van der Waals surface area contributed by atoms with Gasteiger partial charge in [0.2, 0.25) is 6.20 Å². The highest BCUT2D eigenvalue weighted by Crippen LogP contribution is 2.01. The van der Waals surface area contributed by atoms with Crippen LogP contribution in [0.1, 0.15) is 19.3 Å². The first-order valence-electron chi connectivity index (χ1n) is 4.38. The summed E-state index contributed by atoms with van der Waals surface area (Å²) in [6.07, 6.45) is 6.10. The highest BCUT2D eigenvalue weighted by atomic mass is 16.3. The van der Waals surface area contributed by atoms with E-state index in [-0.39, 0.29) is 5.75 Å². The van der Waals surface area contributed by atoms with Crippen LogP contribution < -0.4 is 4.57 Å². The Morgan fingerprint density at radius 3 is 3.00 bits per heavy atom. The van der Waals surface area contributed by atoms with Gasteiger partial charge in [-0.3, -0.25) is 0 Å². The van der Waals surface area contributed by atoms with Gasteiger partial charge in [-0.15, -0.1) is 0 Å². The molecule has 1 aromatic heterocycles. The SMILES string of the molecule is N#CCCCC[n+]1cccc(O)c1. The average Bonchev–Trinajstić information content (AvgIpc) is 2.13. The summed E-state index contributed by atoms with van der Waals surface area (Å²) in [5.74, 6) is 0.280. The van der Waals surface area contributed by atoms with Gasteiger partial charge in [0.15, 0.2) is 11.9 Å². The molecule has 0 atom stereocenters. The molecule has 1 rings (SSSR count). The molecule has 3 heteroatoms. The maximum absolute atomic E-state index is 9.14. The van der Waals surface area contributed by atoms with Gasteiger partial charge in [-0.25, -0.2) is 4.57 Å². The van der Waals surface area contributed by atoms with Crippen LogP contribution in [0.2, 0.25) is 0 Å². The molecular weight excluding hydrogens is 164 g/mol. The van der Waals surface area contributed by atoms with E-state index in [1.807, 2.05) is 10.8 Å². The number of aromatic hydroxyl groups is 1. The van der Waals surface area contributed by atoms with E-state index in [1.54, 1.807) is 18.3 Å². The van der Waals surface area contributed by atoms with Crippen molar-refractivity contribution < 1.29 is 9.67 Å². The minimum atomic E-state index is 0.280. The molecule has 0 bridgehead atoms. The second-order valence-electron chi connectivity index (χ2n) is 2.92. The van der Waals surface area contributed by atoms with Gasteiger partial charge in [-0.1, -0.05) is 0 Å². The fraction of sp³-hybridized carbons (Fsp3) is 0.400. The number of nitriles is 1. The molecule has 68 valence electrons. The zero-order chi connectivity index (χ0) is 9.52. The van der Waals surface area contributed by atoms with Crippen molar-refractivity contribution in [2.24, 2.45) is 0 Å². The Labute approximate surface area is 77.9 Å². The first-order valence-corrected chi connectivity index (χ1v) is 4.38. The van der Waals surface area contributed by atoms with Crippen molar-refractivity contribution >= 4 is 0 Å². The van der Waals surface area contributed by atoms with Crippen LogP contribution in [0.15, 0.2) is 24.5 Å². The maximum Gasteiger partial charge on any atom is 0.210 e. The third-order valence-corrected chi connectivity index (χ3v) is 1.80. The van der Waals surface area contributed by atoms with E-state index in [9.17, 15) is 0 Å². The topological polar surface area (TPSA) is 47.9 Å². The van der Waals surface area contributed by atoms with E-state index in [2.05, 4.69) is 6.07 Å². The minimum absolute atomic E-state index is 0.280. The second kappa shape index (κ2) is 5.15. The molecule has 0 amide bonds. The Balaban J connectivity index is 2.33. The zero-order valence-electron chi connectivity index (χ0n) is 7.48. The molecule has 0 aliphatic heterocycles. The Morgan fingerprint density at radius 2 is 2.31 bits per heavy atom. The summed E-state index contributed by atoms with van der Waals surface area (Å²) >= 11 is 0. The lowest BCUT2D eigenvalue weighted by atomic mass is 10.2. The van der Waals surface area contributed by atoms with E-state index in [0.29, 0.717) is 6.42 Å². The number of aromatic nitrogens is 1. The molecule has 0 aliphatic rings. The van der Waals surface area contributed by atoms with Crippen LogP contribution in [-0.4, -0.2) is 5.11 Å². The van der Waals surface area contributed by atoms with Crippen LogP contribution in [0.25, 0.3) is 0 Å². The van der Waals surface area contributed by atoms with Gasteiger partial charge in [0, 0.05) is 18.9 Å². The molecule has 0 radical (unpaired) electrons. The van der Waals surface area contributed by atoms with Crippen LogP contribution >= 0.6 is 0 Å². The van der Waals surface area contributed by atoms with Gasteiger partial charge in [-0.2, -0.15) is 5.26 Å². The number of hydrogen-bond donors (Lipinski definition) is 1. The summed E-state index contributed by atoms with van der Waals surface area (Å²) < 4.78 is 1.92. The van der Waals surface area contributed by atoms with Crippen LogP contribution in [0.4, 0.5) is 0 Å². The second-order valence-corrected chi connectivity index (χ2v) is 2.92. The normalized spacial score (nSPS) is 9.46. The molecule has 13 heavy (non-hydrogen) atoms. The minimum Gasteiger partial charge on any atom is -0.503 e. The highest BCUT2D eigenvalue weighted by Gasteiger charge is 2.00. The molecule has 1 N–H and O–H groups in total. The Kier molecular flexibility index (Phi) is 3.77. The molecule has 1 aromatic rings. The van der Waals surface area contributed by atoms with Crippen LogP contribution in [0.3, 0.4) is 0 Å². The smallest absolute Gasteiger partial charge is 0.210 e. The summed E-state index contributed by atoms with van der Waals surface area (Å²) in [6.45, 7) is 0.857. The van der Waals surface area contributed by atoms with Gasteiger partial charge >= 0.3 is 0 Å². The Bertz CT molecular complexity index is 304. The molecule has 0 spiro atoms. The van der Waals surface area contributed by atoms with Crippen molar-refractivity contribution in [2.75, 3.05) is 0 Å². The molecule has 0 fully saturated rings. The van der Waals surface area contributed by atoms with Gasteiger partial charge < -0.3 is 5.11 Å². The van der Waals surface area contributed by atoms with Crippen molar-refractivity contribution in [1.82, 2.24) is 0 Å². The third-order valence-electron chi connectivity index (χ3n) is 1.80. The van der Waals surface area contributed by atoms with E-state index in [1.165, 1.54) is 0 Å².